The lowest BCUT2D eigenvalue weighted by Crippen LogP contribution is -1.86. The summed E-state index contributed by atoms with van der Waals surface area (Å²) in [6.45, 7) is 2.06. The van der Waals surface area contributed by atoms with E-state index in [-0.39, 0.29) is 0 Å². The van der Waals surface area contributed by atoms with E-state index in [9.17, 15) is 4.79 Å². The Kier molecular flexibility index (Phi) is 3.20. The van der Waals surface area contributed by atoms with Crippen molar-refractivity contribution in [3.8, 4) is 11.1 Å². The van der Waals surface area contributed by atoms with Crippen LogP contribution in [0.15, 0.2) is 46.9 Å². The van der Waals surface area contributed by atoms with Crippen LogP contribution in [0.4, 0.5) is 0 Å². The molecule has 0 spiro atoms. The number of carbonyl (C=O) groups is 1. The Labute approximate surface area is 103 Å². The zero-order valence-corrected chi connectivity index (χ0v) is 10.5. The molecular weight excluding hydrogens is 264 g/mol. The van der Waals surface area contributed by atoms with E-state index in [1.807, 2.05) is 36.4 Å². The van der Waals surface area contributed by atoms with E-state index in [4.69, 9.17) is 0 Å². The molecule has 2 heteroatoms. The van der Waals surface area contributed by atoms with Crippen molar-refractivity contribution in [1.29, 1.82) is 0 Å². The van der Waals surface area contributed by atoms with Crippen molar-refractivity contribution in [3.05, 3.63) is 58.1 Å². The summed E-state index contributed by atoms with van der Waals surface area (Å²) >= 11 is 3.51. The average Bonchev–Trinajstić information content (AvgIpc) is 2.33. The minimum absolute atomic E-state index is 0.705. The van der Waals surface area contributed by atoms with Crippen molar-refractivity contribution >= 4 is 22.2 Å². The SMILES string of the molecule is Cc1c(Br)cccc1-c1cccc(C=O)c1. The van der Waals surface area contributed by atoms with Gasteiger partial charge in [0.15, 0.2) is 0 Å². The lowest BCUT2D eigenvalue weighted by atomic mass is 9.99. The Morgan fingerprint density at radius 2 is 1.88 bits per heavy atom. The highest BCUT2D eigenvalue weighted by Crippen LogP contribution is 2.28. The second kappa shape index (κ2) is 4.62. The minimum atomic E-state index is 0.705. The largest absolute Gasteiger partial charge is 0.298 e. The predicted octanol–water partition coefficient (Wildman–Crippen LogP) is 4.24. The van der Waals surface area contributed by atoms with Gasteiger partial charge in [-0.2, -0.15) is 0 Å². The zero-order valence-electron chi connectivity index (χ0n) is 8.91. The molecule has 0 N–H and O–H groups in total. The third-order valence-corrected chi connectivity index (χ3v) is 3.46. The number of rotatable bonds is 2. The number of halogens is 1. The van der Waals surface area contributed by atoms with Crippen LogP contribution < -0.4 is 0 Å². The lowest BCUT2D eigenvalue weighted by molar-refractivity contribution is 0.112. The van der Waals surface area contributed by atoms with Gasteiger partial charge in [0, 0.05) is 10.0 Å². The highest BCUT2D eigenvalue weighted by atomic mass is 79.9. The second-order valence-electron chi connectivity index (χ2n) is 3.66. The number of carbonyl (C=O) groups excluding carboxylic acids is 1. The maximum atomic E-state index is 10.7. The number of hydrogen-bond acceptors (Lipinski definition) is 1. The van der Waals surface area contributed by atoms with E-state index in [0.29, 0.717) is 5.56 Å². The number of hydrogen-bond donors (Lipinski definition) is 0. The van der Waals surface area contributed by atoms with Gasteiger partial charge < -0.3 is 0 Å². The Balaban J connectivity index is 2.58. The fourth-order valence-electron chi connectivity index (χ4n) is 1.70. The maximum Gasteiger partial charge on any atom is 0.150 e. The Morgan fingerprint density at radius 3 is 2.62 bits per heavy atom. The van der Waals surface area contributed by atoms with Gasteiger partial charge in [0.1, 0.15) is 6.29 Å². The first-order chi connectivity index (χ1) is 7.72. The van der Waals surface area contributed by atoms with Crippen molar-refractivity contribution in [1.82, 2.24) is 0 Å². The third-order valence-electron chi connectivity index (χ3n) is 2.60. The van der Waals surface area contributed by atoms with Crippen LogP contribution in [0.5, 0.6) is 0 Å². The molecule has 0 aliphatic rings. The molecule has 16 heavy (non-hydrogen) atoms. The Bertz CT molecular complexity index is 532. The van der Waals surface area contributed by atoms with Crippen LogP contribution in [-0.4, -0.2) is 6.29 Å². The molecule has 1 nitrogen and oxygen atoms in total. The van der Waals surface area contributed by atoms with Crippen molar-refractivity contribution in [3.63, 3.8) is 0 Å². The summed E-state index contributed by atoms with van der Waals surface area (Å²) in [5.74, 6) is 0. The normalized spacial score (nSPS) is 10.1. The number of aldehydes is 1. The molecule has 2 rings (SSSR count). The molecule has 0 atom stereocenters. The average molecular weight is 275 g/mol. The van der Waals surface area contributed by atoms with E-state index in [0.717, 1.165) is 21.9 Å². The molecule has 0 unspecified atom stereocenters. The van der Waals surface area contributed by atoms with Gasteiger partial charge in [0.2, 0.25) is 0 Å². The first-order valence-corrected chi connectivity index (χ1v) is 5.82. The van der Waals surface area contributed by atoms with E-state index in [2.05, 4.69) is 28.9 Å². The zero-order chi connectivity index (χ0) is 11.5. The number of benzene rings is 2. The summed E-state index contributed by atoms with van der Waals surface area (Å²) in [6, 6.07) is 13.7. The van der Waals surface area contributed by atoms with Crippen LogP contribution in [0.25, 0.3) is 11.1 Å². The summed E-state index contributed by atoms with van der Waals surface area (Å²) in [5, 5.41) is 0. The van der Waals surface area contributed by atoms with Crippen LogP contribution in [0.2, 0.25) is 0 Å². The molecule has 0 saturated heterocycles. The maximum absolute atomic E-state index is 10.7. The summed E-state index contributed by atoms with van der Waals surface area (Å²) < 4.78 is 1.08. The van der Waals surface area contributed by atoms with Crippen molar-refractivity contribution in [2.45, 2.75) is 6.92 Å². The van der Waals surface area contributed by atoms with Crippen LogP contribution in [0.1, 0.15) is 15.9 Å². The topological polar surface area (TPSA) is 17.1 Å². The van der Waals surface area contributed by atoms with Crippen molar-refractivity contribution in [2.75, 3.05) is 0 Å². The third kappa shape index (κ3) is 2.07. The first-order valence-electron chi connectivity index (χ1n) is 5.03. The molecule has 0 aliphatic heterocycles. The molecule has 0 aromatic heterocycles. The molecule has 0 fully saturated rings. The van der Waals surface area contributed by atoms with E-state index >= 15 is 0 Å². The molecule has 2 aromatic carbocycles. The monoisotopic (exact) mass is 274 g/mol. The van der Waals surface area contributed by atoms with Crippen molar-refractivity contribution < 1.29 is 4.79 Å². The predicted molar refractivity (Wildman–Crippen MR) is 69.7 cm³/mol. The van der Waals surface area contributed by atoms with Crippen LogP contribution >= 0.6 is 15.9 Å². The van der Waals surface area contributed by atoms with Gasteiger partial charge in [-0.25, -0.2) is 0 Å². The molecule has 2 aromatic rings. The van der Waals surface area contributed by atoms with Gasteiger partial charge in [0.05, 0.1) is 0 Å². The highest BCUT2D eigenvalue weighted by Gasteiger charge is 2.04. The Hall–Kier alpha value is -1.41. The molecule has 0 bridgehead atoms. The summed E-state index contributed by atoms with van der Waals surface area (Å²) in [5.41, 5.74) is 4.11. The fraction of sp³-hybridized carbons (Fsp3) is 0.0714. The fourth-order valence-corrected chi connectivity index (χ4v) is 2.07. The van der Waals surface area contributed by atoms with E-state index < -0.39 is 0 Å². The van der Waals surface area contributed by atoms with E-state index in [1.54, 1.807) is 0 Å². The summed E-state index contributed by atoms with van der Waals surface area (Å²) in [6.07, 6.45) is 0.872. The first kappa shape index (κ1) is 11.1. The molecule has 0 aliphatic carbocycles. The van der Waals surface area contributed by atoms with Gasteiger partial charge in [-0.05, 0) is 35.7 Å². The summed E-state index contributed by atoms with van der Waals surface area (Å²) in [4.78, 5) is 10.7. The quantitative estimate of drug-likeness (QED) is 0.749. The van der Waals surface area contributed by atoms with Crippen molar-refractivity contribution in [2.24, 2.45) is 0 Å². The van der Waals surface area contributed by atoms with E-state index in [1.165, 1.54) is 5.56 Å². The second-order valence-corrected chi connectivity index (χ2v) is 4.51. The van der Waals surface area contributed by atoms with Gasteiger partial charge >= 0.3 is 0 Å². The molecule has 0 heterocycles. The Morgan fingerprint density at radius 1 is 1.12 bits per heavy atom. The smallest absolute Gasteiger partial charge is 0.150 e. The standard InChI is InChI=1S/C14H11BrO/c1-10-13(6-3-7-14(10)15)12-5-2-4-11(8-12)9-16/h2-9H,1H3. The molecule has 0 amide bonds. The van der Waals surface area contributed by atoms with Gasteiger partial charge in [-0.3, -0.25) is 4.79 Å². The molecule has 0 saturated carbocycles. The van der Waals surface area contributed by atoms with Crippen LogP contribution in [0, 0.1) is 6.92 Å². The van der Waals surface area contributed by atoms with Crippen LogP contribution in [-0.2, 0) is 0 Å². The summed E-state index contributed by atoms with van der Waals surface area (Å²) in [7, 11) is 0. The van der Waals surface area contributed by atoms with Gasteiger partial charge in [-0.15, -0.1) is 0 Å². The highest BCUT2D eigenvalue weighted by molar-refractivity contribution is 9.10. The molecule has 80 valence electrons. The molecular formula is C14H11BrO. The van der Waals surface area contributed by atoms with Gasteiger partial charge in [-0.1, -0.05) is 46.3 Å². The van der Waals surface area contributed by atoms with Gasteiger partial charge in [0.25, 0.3) is 0 Å². The molecule has 0 radical (unpaired) electrons. The lowest BCUT2D eigenvalue weighted by Gasteiger charge is -2.08. The van der Waals surface area contributed by atoms with Crippen LogP contribution in [0.3, 0.4) is 0 Å². The minimum Gasteiger partial charge on any atom is -0.298 e.